The monoisotopic (exact) mass is 342 g/mol. The Morgan fingerprint density at radius 3 is 2.52 bits per heavy atom. The molecule has 0 spiro atoms. The van der Waals surface area contributed by atoms with E-state index >= 15 is 0 Å². The number of pyridine rings is 1. The number of benzene rings is 1. The number of amides is 1. The number of carbonyl (C=O) groups is 1. The topological polar surface area (TPSA) is 71.5 Å². The molecule has 1 aromatic heterocycles. The van der Waals surface area contributed by atoms with E-state index in [9.17, 15) is 18.7 Å². The first-order valence-electron chi connectivity index (χ1n) is 6.58. The van der Waals surface area contributed by atoms with Gasteiger partial charge in [-0.2, -0.15) is 8.78 Å². The summed E-state index contributed by atoms with van der Waals surface area (Å²) in [5.74, 6) is -0.418. The van der Waals surface area contributed by atoms with Gasteiger partial charge in [0.15, 0.2) is 0 Å². The quantitative estimate of drug-likeness (QED) is 0.792. The molecular formula is C15H13ClF2N2O3. The van der Waals surface area contributed by atoms with Crippen molar-refractivity contribution in [3.63, 3.8) is 0 Å². The molecule has 1 aromatic carbocycles. The minimum absolute atomic E-state index is 0.00720. The molecule has 1 amide bonds. The molecule has 1 unspecified atom stereocenters. The molecule has 1 atom stereocenters. The van der Waals surface area contributed by atoms with Gasteiger partial charge in [-0.1, -0.05) is 23.7 Å². The SMILES string of the molecule is O=C(NCC(O)c1ccc(OC(F)F)cc1)c1ccc(Cl)nc1. The number of aromatic nitrogens is 1. The number of aliphatic hydroxyl groups excluding tert-OH is 1. The summed E-state index contributed by atoms with van der Waals surface area (Å²) in [6, 6.07) is 8.50. The normalized spacial score (nSPS) is 12.0. The van der Waals surface area contributed by atoms with Gasteiger partial charge in [-0.05, 0) is 29.8 Å². The Kier molecular flexibility index (Phi) is 5.84. The van der Waals surface area contributed by atoms with Gasteiger partial charge in [0, 0.05) is 12.7 Å². The number of alkyl halides is 2. The van der Waals surface area contributed by atoms with E-state index in [1.54, 1.807) is 0 Å². The summed E-state index contributed by atoms with van der Waals surface area (Å²) in [5, 5.41) is 12.8. The van der Waals surface area contributed by atoms with Crippen LogP contribution in [0.5, 0.6) is 5.75 Å². The lowest BCUT2D eigenvalue weighted by Crippen LogP contribution is -2.28. The van der Waals surface area contributed by atoms with E-state index in [-0.39, 0.29) is 17.4 Å². The fourth-order valence-electron chi connectivity index (χ4n) is 1.79. The van der Waals surface area contributed by atoms with Crippen molar-refractivity contribution in [1.29, 1.82) is 0 Å². The molecule has 23 heavy (non-hydrogen) atoms. The van der Waals surface area contributed by atoms with Crippen LogP contribution in [0.15, 0.2) is 42.6 Å². The number of aliphatic hydroxyl groups is 1. The number of halogens is 3. The van der Waals surface area contributed by atoms with Gasteiger partial charge in [0.05, 0.1) is 11.7 Å². The van der Waals surface area contributed by atoms with Gasteiger partial charge in [-0.3, -0.25) is 4.79 Å². The molecule has 0 aliphatic carbocycles. The van der Waals surface area contributed by atoms with Crippen LogP contribution in [-0.2, 0) is 0 Å². The predicted molar refractivity (Wildman–Crippen MR) is 79.6 cm³/mol. The second-order valence-electron chi connectivity index (χ2n) is 4.54. The van der Waals surface area contributed by atoms with Gasteiger partial charge < -0.3 is 15.2 Å². The van der Waals surface area contributed by atoms with Crippen LogP contribution in [0.2, 0.25) is 5.15 Å². The van der Waals surface area contributed by atoms with Crippen molar-refractivity contribution in [3.05, 3.63) is 58.9 Å². The maximum atomic E-state index is 12.0. The van der Waals surface area contributed by atoms with Crippen molar-refractivity contribution in [3.8, 4) is 5.75 Å². The van der Waals surface area contributed by atoms with Crippen LogP contribution >= 0.6 is 11.6 Å². The second-order valence-corrected chi connectivity index (χ2v) is 4.93. The lowest BCUT2D eigenvalue weighted by molar-refractivity contribution is -0.0498. The zero-order valence-corrected chi connectivity index (χ0v) is 12.5. The molecule has 8 heteroatoms. The van der Waals surface area contributed by atoms with E-state index in [2.05, 4.69) is 15.0 Å². The summed E-state index contributed by atoms with van der Waals surface area (Å²) in [4.78, 5) is 15.6. The van der Waals surface area contributed by atoms with Crippen molar-refractivity contribution < 1.29 is 23.4 Å². The zero-order valence-electron chi connectivity index (χ0n) is 11.7. The lowest BCUT2D eigenvalue weighted by atomic mass is 10.1. The van der Waals surface area contributed by atoms with E-state index in [1.807, 2.05) is 0 Å². The van der Waals surface area contributed by atoms with Gasteiger partial charge >= 0.3 is 6.61 Å². The molecule has 1 heterocycles. The highest BCUT2D eigenvalue weighted by atomic mass is 35.5. The first kappa shape index (κ1) is 17.1. The summed E-state index contributed by atoms with van der Waals surface area (Å²) >= 11 is 5.63. The highest BCUT2D eigenvalue weighted by Gasteiger charge is 2.12. The first-order chi connectivity index (χ1) is 11.0. The Labute approximate surface area is 135 Å². The Morgan fingerprint density at radius 1 is 1.26 bits per heavy atom. The van der Waals surface area contributed by atoms with Gasteiger partial charge in [-0.25, -0.2) is 4.98 Å². The molecule has 0 saturated heterocycles. The van der Waals surface area contributed by atoms with Gasteiger partial charge in [0.2, 0.25) is 0 Å². The van der Waals surface area contributed by atoms with Crippen LogP contribution in [0.3, 0.4) is 0 Å². The summed E-state index contributed by atoms with van der Waals surface area (Å²) in [5.41, 5.74) is 0.767. The van der Waals surface area contributed by atoms with Crippen molar-refractivity contribution in [2.45, 2.75) is 12.7 Å². The number of hydrogen-bond acceptors (Lipinski definition) is 4. The van der Waals surface area contributed by atoms with E-state index in [4.69, 9.17) is 11.6 Å². The third kappa shape index (κ3) is 5.15. The Hall–Kier alpha value is -2.25. The molecule has 0 aliphatic rings. The Morgan fingerprint density at radius 2 is 1.96 bits per heavy atom. The smallest absolute Gasteiger partial charge is 0.387 e. The molecule has 0 aliphatic heterocycles. The van der Waals surface area contributed by atoms with Gasteiger partial charge in [-0.15, -0.1) is 0 Å². The van der Waals surface area contributed by atoms with Crippen LogP contribution in [0.25, 0.3) is 0 Å². The summed E-state index contributed by atoms with van der Waals surface area (Å²) in [6.45, 7) is -2.95. The van der Waals surface area contributed by atoms with E-state index in [0.717, 1.165) is 0 Å². The number of hydrogen-bond donors (Lipinski definition) is 2. The molecule has 122 valence electrons. The van der Waals surface area contributed by atoms with Crippen LogP contribution in [-0.4, -0.2) is 29.2 Å². The van der Waals surface area contributed by atoms with Crippen LogP contribution in [0, 0.1) is 0 Å². The Balaban J connectivity index is 1.90. The molecule has 0 bridgehead atoms. The summed E-state index contributed by atoms with van der Waals surface area (Å²) in [6.07, 6.45) is 0.334. The van der Waals surface area contributed by atoms with Crippen LogP contribution in [0.1, 0.15) is 22.0 Å². The molecule has 5 nitrogen and oxygen atoms in total. The third-order valence-corrected chi connectivity index (χ3v) is 3.16. The molecule has 0 fully saturated rings. The highest BCUT2D eigenvalue weighted by molar-refractivity contribution is 6.29. The maximum absolute atomic E-state index is 12.0. The van der Waals surface area contributed by atoms with E-state index < -0.39 is 18.6 Å². The van der Waals surface area contributed by atoms with E-state index in [0.29, 0.717) is 11.1 Å². The standard InChI is InChI=1S/C15H13ClF2N2O3/c16-13-6-3-10(7-19-13)14(22)20-8-12(21)9-1-4-11(5-2-9)23-15(17)18/h1-7,12,15,21H,8H2,(H,20,22). The summed E-state index contributed by atoms with van der Waals surface area (Å²) < 4.78 is 28.3. The van der Waals surface area contributed by atoms with Gasteiger partial charge in [0.25, 0.3) is 5.91 Å². The number of rotatable bonds is 6. The fourth-order valence-corrected chi connectivity index (χ4v) is 1.90. The zero-order chi connectivity index (χ0) is 16.8. The minimum Gasteiger partial charge on any atom is -0.435 e. The number of ether oxygens (including phenoxy) is 1. The average Bonchev–Trinajstić information content (AvgIpc) is 2.53. The lowest BCUT2D eigenvalue weighted by Gasteiger charge is -2.13. The number of carbonyl (C=O) groups excluding carboxylic acids is 1. The highest BCUT2D eigenvalue weighted by Crippen LogP contribution is 2.19. The van der Waals surface area contributed by atoms with Gasteiger partial charge in [0.1, 0.15) is 10.9 Å². The average molecular weight is 343 g/mol. The minimum atomic E-state index is -2.90. The number of nitrogens with zero attached hydrogens (tertiary/aromatic N) is 1. The van der Waals surface area contributed by atoms with Crippen molar-refractivity contribution in [2.75, 3.05) is 6.54 Å². The molecule has 0 saturated carbocycles. The molecule has 2 rings (SSSR count). The maximum Gasteiger partial charge on any atom is 0.387 e. The van der Waals surface area contributed by atoms with Crippen molar-refractivity contribution in [1.82, 2.24) is 10.3 Å². The first-order valence-corrected chi connectivity index (χ1v) is 6.96. The number of nitrogens with one attached hydrogen (secondary N) is 1. The molecule has 2 aromatic rings. The second kappa shape index (κ2) is 7.85. The van der Waals surface area contributed by atoms with Crippen molar-refractivity contribution in [2.24, 2.45) is 0 Å². The predicted octanol–water partition coefficient (Wildman–Crippen LogP) is 2.80. The Bertz CT molecular complexity index is 651. The molecular weight excluding hydrogens is 330 g/mol. The fraction of sp³-hybridized carbons (Fsp3) is 0.200. The molecule has 0 radical (unpaired) electrons. The van der Waals surface area contributed by atoms with Crippen LogP contribution < -0.4 is 10.1 Å². The largest absolute Gasteiger partial charge is 0.435 e. The van der Waals surface area contributed by atoms with E-state index in [1.165, 1.54) is 42.6 Å². The van der Waals surface area contributed by atoms with Crippen LogP contribution in [0.4, 0.5) is 8.78 Å². The van der Waals surface area contributed by atoms with Crippen molar-refractivity contribution >= 4 is 17.5 Å². The molecule has 2 N–H and O–H groups in total. The summed E-state index contributed by atoms with van der Waals surface area (Å²) in [7, 11) is 0. The third-order valence-electron chi connectivity index (χ3n) is 2.94.